The van der Waals surface area contributed by atoms with Crippen molar-refractivity contribution < 1.29 is 4.79 Å². The number of carbonyl (C=O) groups is 1. The van der Waals surface area contributed by atoms with E-state index >= 15 is 0 Å². The van der Waals surface area contributed by atoms with Gasteiger partial charge in [-0.3, -0.25) is 9.78 Å². The number of fused-ring (bicyclic) bond motifs is 1. The highest BCUT2D eigenvalue weighted by Crippen LogP contribution is 2.32. The SMILES string of the molecule is O=C1C[C@H](CNc2cncc(Br)c2)c2ccccc2N1. The third kappa shape index (κ3) is 2.82. The van der Waals surface area contributed by atoms with Gasteiger partial charge in [0.1, 0.15) is 0 Å². The molecule has 1 aliphatic heterocycles. The van der Waals surface area contributed by atoms with Crippen molar-refractivity contribution >= 4 is 33.2 Å². The molecule has 0 radical (unpaired) electrons. The molecule has 0 bridgehead atoms. The highest BCUT2D eigenvalue weighted by atomic mass is 79.9. The molecule has 2 aromatic rings. The minimum atomic E-state index is 0.0721. The number of para-hydroxylation sites is 1. The molecule has 5 heteroatoms. The van der Waals surface area contributed by atoms with Crippen LogP contribution < -0.4 is 10.6 Å². The lowest BCUT2D eigenvalue weighted by atomic mass is 9.90. The Morgan fingerprint density at radius 3 is 3.05 bits per heavy atom. The van der Waals surface area contributed by atoms with E-state index in [1.807, 2.05) is 24.3 Å². The zero-order valence-electron chi connectivity index (χ0n) is 10.8. The number of nitrogens with one attached hydrogen (secondary N) is 2. The molecule has 0 aliphatic carbocycles. The van der Waals surface area contributed by atoms with Crippen LogP contribution in [0.3, 0.4) is 0 Å². The van der Waals surface area contributed by atoms with Crippen LogP contribution in [0.5, 0.6) is 0 Å². The molecule has 0 saturated heterocycles. The van der Waals surface area contributed by atoms with Crippen molar-refractivity contribution in [3.8, 4) is 0 Å². The van der Waals surface area contributed by atoms with E-state index in [4.69, 9.17) is 0 Å². The van der Waals surface area contributed by atoms with Gasteiger partial charge in [-0.05, 0) is 33.6 Å². The lowest BCUT2D eigenvalue weighted by Crippen LogP contribution is -2.26. The number of rotatable bonds is 3. The van der Waals surface area contributed by atoms with E-state index in [1.165, 1.54) is 5.56 Å². The number of pyridine rings is 1. The quantitative estimate of drug-likeness (QED) is 0.906. The molecule has 20 heavy (non-hydrogen) atoms. The Balaban J connectivity index is 1.76. The second kappa shape index (κ2) is 5.63. The number of benzene rings is 1. The zero-order chi connectivity index (χ0) is 13.9. The second-order valence-corrected chi connectivity index (χ2v) is 5.72. The van der Waals surface area contributed by atoms with Crippen molar-refractivity contribution in [1.29, 1.82) is 0 Å². The monoisotopic (exact) mass is 331 g/mol. The van der Waals surface area contributed by atoms with Gasteiger partial charge in [-0.2, -0.15) is 0 Å². The molecule has 102 valence electrons. The van der Waals surface area contributed by atoms with Gasteiger partial charge in [-0.1, -0.05) is 18.2 Å². The highest BCUT2D eigenvalue weighted by molar-refractivity contribution is 9.10. The topological polar surface area (TPSA) is 54.0 Å². The standard InChI is InChI=1S/C15H14BrN3O/c16-11-6-12(9-17-8-11)18-7-10-5-15(20)19-14-4-2-1-3-13(10)14/h1-4,6,8-10,18H,5,7H2,(H,19,20)/t10-/m1/s1. The van der Waals surface area contributed by atoms with E-state index in [0.29, 0.717) is 13.0 Å². The van der Waals surface area contributed by atoms with Gasteiger partial charge in [0.25, 0.3) is 0 Å². The molecule has 0 spiro atoms. The predicted molar refractivity (Wildman–Crippen MR) is 82.9 cm³/mol. The van der Waals surface area contributed by atoms with Crippen LogP contribution in [-0.2, 0) is 4.79 Å². The molecule has 1 amide bonds. The third-order valence-corrected chi connectivity index (χ3v) is 3.80. The number of halogens is 1. The number of amides is 1. The van der Waals surface area contributed by atoms with E-state index < -0.39 is 0 Å². The van der Waals surface area contributed by atoms with Crippen LogP contribution in [0.2, 0.25) is 0 Å². The van der Waals surface area contributed by atoms with Gasteiger partial charge in [0.2, 0.25) is 5.91 Å². The summed E-state index contributed by atoms with van der Waals surface area (Å²) in [6.45, 7) is 0.711. The molecule has 2 heterocycles. The Morgan fingerprint density at radius 1 is 1.35 bits per heavy atom. The van der Waals surface area contributed by atoms with E-state index in [1.54, 1.807) is 12.4 Å². The normalized spacial score (nSPS) is 17.2. The lowest BCUT2D eigenvalue weighted by molar-refractivity contribution is -0.116. The maximum atomic E-state index is 11.7. The van der Waals surface area contributed by atoms with Crippen molar-refractivity contribution in [1.82, 2.24) is 4.98 Å². The summed E-state index contributed by atoms with van der Waals surface area (Å²) in [6.07, 6.45) is 4.03. The minimum absolute atomic E-state index is 0.0721. The smallest absolute Gasteiger partial charge is 0.225 e. The number of aromatic nitrogens is 1. The molecule has 4 nitrogen and oxygen atoms in total. The number of hydrogen-bond acceptors (Lipinski definition) is 3. The maximum Gasteiger partial charge on any atom is 0.225 e. The van der Waals surface area contributed by atoms with Crippen LogP contribution in [0.25, 0.3) is 0 Å². The van der Waals surface area contributed by atoms with Crippen LogP contribution >= 0.6 is 15.9 Å². The van der Waals surface area contributed by atoms with Crippen LogP contribution in [0.1, 0.15) is 17.9 Å². The molecular weight excluding hydrogens is 318 g/mol. The number of carbonyl (C=O) groups excluding carboxylic acids is 1. The molecule has 0 saturated carbocycles. The predicted octanol–water partition coefficient (Wildman–Crippen LogP) is 3.38. The average Bonchev–Trinajstić information content (AvgIpc) is 2.44. The lowest BCUT2D eigenvalue weighted by Gasteiger charge is -2.26. The highest BCUT2D eigenvalue weighted by Gasteiger charge is 2.24. The summed E-state index contributed by atoms with van der Waals surface area (Å²) in [5.41, 5.74) is 3.05. The molecule has 1 aromatic carbocycles. The van der Waals surface area contributed by atoms with E-state index in [-0.39, 0.29) is 11.8 Å². The molecule has 2 N–H and O–H groups in total. The van der Waals surface area contributed by atoms with Crippen LogP contribution in [0.15, 0.2) is 47.2 Å². The first-order chi connectivity index (χ1) is 9.72. The Kier molecular flexibility index (Phi) is 3.69. The van der Waals surface area contributed by atoms with E-state index in [0.717, 1.165) is 15.8 Å². The van der Waals surface area contributed by atoms with Crippen LogP contribution in [-0.4, -0.2) is 17.4 Å². The Hall–Kier alpha value is -1.88. The van der Waals surface area contributed by atoms with Gasteiger partial charge in [0, 0.05) is 35.2 Å². The van der Waals surface area contributed by atoms with Gasteiger partial charge < -0.3 is 10.6 Å². The molecule has 0 fully saturated rings. The summed E-state index contributed by atoms with van der Waals surface area (Å²) >= 11 is 3.40. The van der Waals surface area contributed by atoms with Gasteiger partial charge >= 0.3 is 0 Å². The van der Waals surface area contributed by atoms with E-state index in [2.05, 4.69) is 37.6 Å². The minimum Gasteiger partial charge on any atom is -0.383 e. The van der Waals surface area contributed by atoms with Crippen molar-refractivity contribution in [3.05, 3.63) is 52.8 Å². The van der Waals surface area contributed by atoms with E-state index in [9.17, 15) is 4.79 Å². The van der Waals surface area contributed by atoms with Crippen LogP contribution in [0, 0.1) is 0 Å². The first-order valence-corrected chi connectivity index (χ1v) is 7.25. The van der Waals surface area contributed by atoms with Gasteiger partial charge in [-0.15, -0.1) is 0 Å². The fraction of sp³-hybridized carbons (Fsp3) is 0.200. The summed E-state index contributed by atoms with van der Waals surface area (Å²) < 4.78 is 0.935. The van der Waals surface area contributed by atoms with Crippen molar-refractivity contribution in [2.45, 2.75) is 12.3 Å². The summed E-state index contributed by atoms with van der Waals surface area (Å²) in [5, 5.41) is 6.25. The second-order valence-electron chi connectivity index (χ2n) is 4.81. The molecule has 0 unspecified atom stereocenters. The number of hydrogen-bond donors (Lipinski definition) is 2. The average molecular weight is 332 g/mol. The largest absolute Gasteiger partial charge is 0.383 e. The third-order valence-electron chi connectivity index (χ3n) is 3.36. The van der Waals surface area contributed by atoms with Gasteiger partial charge in [0.05, 0.1) is 11.9 Å². The van der Waals surface area contributed by atoms with Crippen molar-refractivity contribution in [3.63, 3.8) is 0 Å². The van der Waals surface area contributed by atoms with Crippen molar-refractivity contribution in [2.75, 3.05) is 17.2 Å². The summed E-state index contributed by atoms with van der Waals surface area (Å²) in [4.78, 5) is 15.9. The summed E-state index contributed by atoms with van der Waals surface area (Å²) in [6, 6.07) is 9.93. The molecule has 1 aromatic heterocycles. The Bertz CT molecular complexity index is 645. The first kappa shape index (κ1) is 13.1. The fourth-order valence-electron chi connectivity index (χ4n) is 2.43. The Morgan fingerprint density at radius 2 is 2.20 bits per heavy atom. The summed E-state index contributed by atoms with van der Waals surface area (Å²) in [5.74, 6) is 0.252. The molecule has 3 rings (SSSR count). The summed E-state index contributed by atoms with van der Waals surface area (Å²) in [7, 11) is 0. The molecule has 1 aliphatic rings. The molecular formula is C15H14BrN3O. The Labute approximate surface area is 125 Å². The van der Waals surface area contributed by atoms with Gasteiger partial charge in [-0.25, -0.2) is 0 Å². The first-order valence-electron chi connectivity index (χ1n) is 6.45. The van der Waals surface area contributed by atoms with Crippen LogP contribution in [0.4, 0.5) is 11.4 Å². The van der Waals surface area contributed by atoms with Crippen molar-refractivity contribution in [2.24, 2.45) is 0 Å². The number of nitrogens with zero attached hydrogens (tertiary/aromatic N) is 1. The van der Waals surface area contributed by atoms with Gasteiger partial charge in [0.15, 0.2) is 0 Å². The number of anilines is 2. The molecule has 1 atom stereocenters. The zero-order valence-corrected chi connectivity index (χ0v) is 12.4. The fourth-order valence-corrected chi connectivity index (χ4v) is 2.80. The maximum absolute atomic E-state index is 11.7.